The molecule has 0 aromatic rings. The second-order valence-electron chi connectivity index (χ2n) is 2.88. The van der Waals surface area contributed by atoms with Crippen molar-refractivity contribution in [3.8, 4) is 0 Å². The SMILES string of the molecule is CC(=O)O[P+](=O)ON1CCCCC1. The highest BCUT2D eigenvalue weighted by Crippen LogP contribution is 2.27. The van der Waals surface area contributed by atoms with Crippen molar-refractivity contribution in [3.05, 3.63) is 0 Å². The molecule has 0 aromatic carbocycles. The monoisotopic (exact) mass is 206 g/mol. The molecule has 5 nitrogen and oxygen atoms in total. The molecule has 13 heavy (non-hydrogen) atoms. The van der Waals surface area contributed by atoms with Crippen LogP contribution in [0.15, 0.2) is 0 Å². The Hall–Kier alpha value is -0.510. The summed E-state index contributed by atoms with van der Waals surface area (Å²) in [6.45, 7) is 2.71. The number of rotatable bonds is 3. The van der Waals surface area contributed by atoms with Gasteiger partial charge in [0.2, 0.25) is 0 Å². The van der Waals surface area contributed by atoms with Crippen molar-refractivity contribution >= 4 is 14.2 Å². The lowest BCUT2D eigenvalue weighted by Crippen LogP contribution is -2.27. The summed E-state index contributed by atoms with van der Waals surface area (Å²) in [7, 11) is -2.32. The Balaban J connectivity index is 2.22. The van der Waals surface area contributed by atoms with Crippen LogP contribution in [0.25, 0.3) is 0 Å². The minimum atomic E-state index is -2.32. The van der Waals surface area contributed by atoms with Crippen LogP contribution < -0.4 is 0 Å². The first-order chi connectivity index (χ1) is 6.18. The van der Waals surface area contributed by atoms with Crippen LogP contribution in [0.3, 0.4) is 0 Å². The molecule has 1 unspecified atom stereocenters. The van der Waals surface area contributed by atoms with E-state index in [2.05, 4.69) is 4.52 Å². The third-order valence-corrected chi connectivity index (χ3v) is 2.47. The van der Waals surface area contributed by atoms with Crippen molar-refractivity contribution in [1.29, 1.82) is 0 Å². The molecule has 0 bridgehead atoms. The number of nitrogens with zero attached hydrogens (tertiary/aromatic N) is 1. The van der Waals surface area contributed by atoms with Gasteiger partial charge in [0.05, 0.1) is 0 Å². The van der Waals surface area contributed by atoms with Gasteiger partial charge >= 0.3 is 14.2 Å². The summed E-state index contributed by atoms with van der Waals surface area (Å²) >= 11 is 0. The molecule has 0 radical (unpaired) electrons. The lowest BCUT2D eigenvalue weighted by Gasteiger charge is -2.18. The van der Waals surface area contributed by atoms with E-state index in [9.17, 15) is 9.36 Å². The molecule has 6 heteroatoms. The highest BCUT2D eigenvalue weighted by Gasteiger charge is 2.29. The lowest BCUT2D eigenvalue weighted by molar-refractivity contribution is -0.135. The second-order valence-corrected chi connectivity index (χ2v) is 3.67. The fourth-order valence-electron chi connectivity index (χ4n) is 1.16. The molecular weight excluding hydrogens is 193 g/mol. The lowest BCUT2D eigenvalue weighted by atomic mass is 10.2. The molecule has 1 rings (SSSR count). The number of hydrogen-bond donors (Lipinski definition) is 0. The predicted molar refractivity (Wildman–Crippen MR) is 45.9 cm³/mol. The van der Waals surface area contributed by atoms with Crippen LogP contribution >= 0.6 is 8.25 Å². The highest BCUT2D eigenvalue weighted by atomic mass is 31.1. The zero-order valence-corrected chi connectivity index (χ0v) is 8.46. The third kappa shape index (κ3) is 4.31. The van der Waals surface area contributed by atoms with Crippen molar-refractivity contribution in [3.63, 3.8) is 0 Å². The van der Waals surface area contributed by atoms with Crippen LogP contribution in [0.5, 0.6) is 0 Å². The average molecular weight is 206 g/mol. The Bertz CT molecular complexity index is 203. The van der Waals surface area contributed by atoms with Crippen LogP contribution in [-0.4, -0.2) is 24.1 Å². The average Bonchev–Trinajstić information content (AvgIpc) is 2.04. The standard InChI is InChI=1S/C7H13NO4P/c1-7(9)11-13(10)12-8-5-3-2-4-6-8/h2-6H2,1H3/q+1. The molecule has 1 heterocycles. The Labute approximate surface area is 77.9 Å². The van der Waals surface area contributed by atoms with Gasteiger partial charge in [0.25, 0.3) is 0 Å². The maximum atomic E-state index is 11.0. The van der Waals surface area contributed by atoms with Gasteiger partial charge in [0.15, 0.2) is 0 Å². The number of hydroxylamine groups is 2. The quantitative estimate of drug-likeness (QED) is 0.657. The van der Waals surface area contributed by atoms with Gasteiger partial charge in [-0.2, -0.15) is 4.52 Å². The zero-order chi connectivity index (χ0) is 9.68. The molecule has 74 valence electrons. The minimum Gasteiger partial charge on any atom is -0.247 e. The normalized spacial score (nSPS) is 19.6. The maximum Gasteiger partial charge on any atom is 0.772 e. The molecule has 0 N–H and O–H groups in total. The predicted octanol–water partition coefficient (Wildman–Crippen LogP) is 1.62. The summed E-state index contributed by atoms with van der Waals surface area (Å²) in [5.74, 6) is -0.585. The van der Waals surface area contributed by atoms with E-state index in [1.54, 1.807) is 5.06 Å². The van der Waals surface area contributed by atoms with Gasteiger partial charge in [-0.15, -0.1) is 5.06 Å². The summed E-state index contributed by atoms with van der Waals surface area (Å²) in [5.41, 5.74) is 0. The van der Waals surface area contributed by atoms with Crippen LogP contribution in [-0.2, 0) is 18.5 Å². The van der Waals surface area contributed by atoms with Crippen LogP contribution in [0.4, 0.5) is 0 Å². The van der Waals surface area contributed by atoms with Gasteiger partial charge in [-0.1, -0.05) is 6.42 Å². The first-order valence-corrected chi connectivity index (χ1v) is 5.37. The van der Waals surface area contributed by atoms with E-state index in [0.717, 1.165) is 25.9 Å². The smallest absolute Gasteiger partial charge is 0.247 e. The number of hydrogen-bond acceptors (Lipinski definition) is 5. The largest absolute Gasteiger partial charge is 0.772 e. The molecule has 0 aliphatic carbocycles. The van der Waals surface area contributed by atoms with Gasteiger partial charge in [0, 0.05) is 24.6 Å². The van der Waals surface area contributed by atoms with Crippen molar-refractivity contribution < 1.29 is 18.5 Å². The van der Waals surface area contributed by atoms with E-state index in [1.165, 1.54) is 13.3 Å². The molecule has 1 saturated heterocycles. The fourth-order valence-corrected chi connectivity index (χ4v) is 1.76. The molecule has 1 fully saturated rings. The van der Waals surface area contributed by atoms with Gasteiger partial charge in [-0.3, -0.25) is 0 Å². The topological polar surface area (TPSA) is 55.8 Å². The first kappa shape index (κ1) is 10.6. The van der Waals surface area contributed by atoms with E-state index < -0.39 is 14.2 Å². The van der Waals surface area contributed by atoms with E-state index in [1.807, 2.05) is 0 Å². The van der Waals surface area contributed by atoms with Crippen molar-refractivity contribution in [2.75, 3.05) is 13.1 Å². The first-order valence-electron chi connectivity index (χ1n) is 4.27. The Morgan fingerprint density at radius 2 is 1.92 bits per heavy atom. The van der Waals surface area contributed by atoms with Crippen LogP contribution in [0.1, 0.15) is 26.2 Å². The molecule has 0 aromatic heterocycles. The Kier molecular flexibility index (Phi) is 4.28. The summed E-state index contributed by atoms with van der Waals surface area (Å²) in [6.07, 6.45) is 3.23. The molecule has 0 spiro atoms. The minimum absolute atomic E-state index is 0.585. The zero-order valence-electron chi connectivity index (χ0n) is 7.56. The summed E-state index contributed by atoms with van der Waals surface area (Å²) in [4.78, 5) is 10.4. The van der Waals surface area contributed by atoms with E-state index in [4.69, 9.17) is 4.62 Å². The van der Waals surface area contributed by atoms with E-state index in [-0.39, 0.29) is 0 Å². The van der Waals surface area contributed by atoms with Crippen LogP contribution in [0, 0.1) is 0 Å². The maximum absolute atomic E-state index is 11.0. The van der Waals surface area contributed by atoms with E-state index >= 15 is 0 Å². The molecule has 1 atom stereocenters. The van der Waals surface area contributed by atoms with Crippen LogP contribution in [0.2, 0.25) is 0 Å². The van der Waals surface area contributed by atoms with Crippen molar-refractivity contribution in [2.45, 2.75) is 26.2 Å². The number of piperidine rings is 1. The molecule has 0 saturated carbocycles. The van der Waals surface area contributed by atoms with E-state index in [0.29, 0.717) is 0 Å². The van der Waals surface area contributed by atoms with Crippen molar-refractivity contribution in [1.82, 2.24) is 5.06 Å². The van der Waals surface area contributed by atoms with Crippen molar-refractivity contribution in [2.24, 2.45) is 0 Å². The number of carbonyl (C=O) groups excluding carboxylic acids is 1. The Morgan fingerprint density at radius 3 is 2.46 bits per heavy atom. The highest BCUT2D eigenvalue weighted by molar-refractivity contribution is 7.33. The second kappa shape index (κ2) is 5.27. The molecule has 1 aliphatic rings. The summed E-state index contributed by atoms with van der Waals surface area (Å²) in [5, 5.41) is 1.59. The Morgan fingerprint density at radius 1 is 1.31 bits per heavy atom. The number of carbonyl (C=O) groups is 1. The van der Waals surface area contributed by atoms with Gasteiger partial charge < -0.3 is 0 Å². The van der Waals surface area contributed by atoms with Gasteiger partial charge in [-0.05, 0) is 17.5 Å². The molecule has 0 amide bonds. The third-order valence-electron chi connectivity index (χ3n) is 1.70. The fraction of sp³-hybridized carbons (Fsp3) is 0.857. The molecular formula is C7H13NO4P+. The summed E-state index contributed by atoms with van der Waals surface area (Å²) < 4.78 is 20.2. The van der Waals surface area contributed by atoms with Gasteiger partial charge in [0.1, 0.15) is 0 Å². The van der Waals surface area contributed by atoms with Gasteiger partial charge in [-0.25, -0.2) is 4.79 Å². The molecule has 1 aliphatic heterocycles. The summed E-state index contributed by atoms with van der Waals surface area (Å²) in [6, 6.07) is 0.